The van der Waals surface area contributed by atoms with Gasteiger partial charge in [0, 0.05) is 30.7 Å². The van der Waals surface area contributed by atoms with Crippen LogP contribution in [-0.2, 0) is 6.42 Å². The second kappa shape index (κ2) is 5.36. The van der Waals surface area contributed by atoms with Crippen LogP contribution in [0.15, 0.2) is 39.4 Å². The number of aryl methyl sites for hydroxylation is 1. The second-order valence-corrected chi connectivity index (χ2v) is 4.93. The van der Waals surface area contributed by atoms with E-state index in [1.807, 2.05) is 44.4 Å². The molecule has 3 nitrogen and oxygen atoms in total. The number of nitrogens with zero attached hydrogens (tertiary/aromatic N) is 2. The summed E-state index contributed by atoms with van der Waals surface area (Å²) in [6.07, 6.45) is 2.70. The summed E-state index contributed by atoms with van der Waals surface area (Å²) < 4.78 is 6.53. The van der Waals surface area contributed by atoms with Gasteiger partial charge in [-0.05, 0) is 47.1 Å². The van der Waals surface area contributed by atoms with Crippen LogP contribution in [-0.4, -0.2) is 18.6 Å². The van der Waals surface area contributed by atoms with E-state index in [4.69, 9.17) is 4.42 Å². The van der Waals surface area contributed by atoms with E-state index in [1.54, 1.807) is 0 Å². The lowest BCUT2D eigenvalue weighted by atomic mass is 10.3. The zero-order chi connectivity index (χ0) is 12.3. The van der Waals surface area contributed by atoms with Crippen LogP contribution in [0, 0.1) is 6.92 Å². The van der Waals surface area contributed by atoms with Crippen LogP contribution >= 0.6 is 15.9 Å². The van der Waals surface area contributed by atoms with Gasteiger partial charge in [0.1, 0.15) is 17.3 Å². The fourth-order valence-electron chi connectivity index (χ4n) is 1.61. The molecule has 0 unspecified atom stereocenters. The smallest absolute Gasteiger partial charge is 0.128 e. The molecule has 0 atom stereocenters. The first-order chi connectivity index (χ1) is 8.15. The third-order valence-electron chi connectivity index (χ3n) is 2.59. The molecule has 0 N–H and O–H groups in total. The lowest BCUT2D eigenvalue weighted by Crippen LogP contribution is -2.21. The molecule has 4 heteroatoms. The molecular formula is C13H15BrN2O. The summed E-state index contributed by atoms with van der Waals surface area (Å²) in [7, 11) is 2.03. The molecule has 0 spiro atoms. The van der Waals surface area contributed by atoms with E-state index in [-0.39, 0.29) is 0 Å². The molecular weight excluding hydrogens is 280 g/mol. The highest BCUT2D eigenvalue weighted by Crippen LogP contribution is 2.14. The molecule has 0 fully saturated rings. The average molecular weight is 295 g/mol. The molecule has 17 heavy (non-hydrogen) atoms. The first-order valence-corrected chi connectivity index (χ1v) is 6.32. The van der Waals surface area contributed by atoms with Gasteiger partial charge in [0.05, 0.1) is 0 Å². The predicted octanol–water partition coefficient (Wildman–Crippen LogP) is 3.42. The summed E-state index contributed by atoms with van der Waals surface area (Å²) in [6.45, 7) is 2.85. The molecule has 2 rings (SSSR count). The summed E-state index contributed by atoms with van der Waals surface area (Å²) in [6, 6.07) is 8.01. The maximum absolute atomic E-state index is 5.53. The van der Waals surface area contributed by atoms with Crippen molar-refractivity contribution in [2.45, 2.75) is 13.3 Å². The minimum absolute atomic E-state index is 0.890. The fraction of sp³-hybridized carbons (Fsp3) is 0.308. The van der Waals surface area contributed by atoms with Crippen molar-refractivity contribution in [3.63, 3.8) is 0 Å². The van der Waals surface area contributed by atoms with Crippen LogP contribution in [0.25, 0.3) is 0 Å². The van der Waals surface area contributed by atoms with E-state index in [0.29, 0.717) is 0 Å². The highest BCUT2D eigenvalue weighted by molar-refractivity contribution is 9.10. The number of rotatable bonds is 4. The van der Waals surface area contributed by atoms with E-state index in [1.165, 1.54) is 0 Å². The van der Waals surface area contributed by atoms with Crippen LogP contribution < -0.4 is 4.90 Å². The van der Waals surface area contributed by atoms with Crippen LogP contribution in [0.2, 0.25) is 0 Å². The Morgan fingerprint density at radius 1 is 1.29 bits per heavy atom. The van der Waals surface area contributed by atoms with Crippen molar-refractivity contribution < 1.29 is 4.42 Å². The molecule has 0 saturated heterocycles. The summed E-state index contributed by atoms with van der Waals surface area (Å²) in [5.74, 6) is 2.95. The Balaban J connectivity index is 1.93. The number of hydrogen-bond donors (Lipinski definition) is 0. The Hall–Kier alpha value is -1.29. The van der Waals surface area contributed by atoms with Gasteiger partial charge in [0.25, 0.3) is 0 Å². The standard InChI is InChI=1S/C13H15BrN2O/c1-10-3-5-12(17-10)7-8-16(2)13-6-4-11(14)9-15-13/h3-6,9H,7-8H2,1-2H3. The maximum atomic E-state index is 5.53. The van der Waals surface area contributed by atoms with Crippen molar-refractivity contribution in [2.75, 3.05) is 18.5 Å². The highest BCUT2D eigenvalue weighted by Gasteiger charge is 2.04. The minimum atomic E-state index is 0.890. The Labute approximate surface area is 110 Å². The number of pyridine rings is 1. The summed E-state index contributed by atoms with van der Waals surface area (Å²) in [5, 5.41) is 0. The van der Waals surface area contributed by atoms with Gasteiger partial charge in [0.2, 0.25) is 0 Å². The second-order valence-electron chi connectivity index (χ2n) is 4.02. The SMILES string of the molecule is Cc1ccc(CCN(C)c2ccc(Br)cn2)o1. The van der Waals surface area contributed by atoms with Crippen molar-refractivity contribution in [3.05, 3.63) is 46.5 Å². The number of halogens is 1. The van der Waals surface area contributed by atoms with Gasteiger partial charge < -0.3 is 9.32 Å². The molecule has 2 heterocycles. The van der Waals surface area contributed by atoms with Crippen molar-refractivity contribution in [1.29, 1.82) is 0 Å². The van der Waals surface area contributed by atoms with Crippen LogP contribution in [0.5, 0.6) is 0 Å². The molecule has 0 aliphatic rings. The Bertz CT molecular complexity index is 478. The Kier molecular flexibility index (Phi) is 3.84. The molecule has 0 aliphatic heterocycles. The van der Waals surface area contributed by atoms with Crippen molar-refractivity contribution >= 4 is 21.7 Å². The van der Waals surface area contributed by atoms with E-state index >= 15 is 0 Å². The molecule has 0 bridgehead atoms. The first-order valence-electron chi connectivity index (χ1n) is 5.53. The van der Waals surface area contributed by atoms with Gasteiger partial charge in [0.15, 0.2) is 0 Å². The molecule has 2 aromatic heterocycles. The van der Waals surface area contributed by atoms with E-state index < -0.39 is 0 Å². The van der Waals surface area contributed by atoms with Gasteiger partial charge in [-0.1, -0.05) is 0 Å². The maximum Gasteiger partial charge on any atom is 0.128 e. The number of likely N-dealkylation sites (N-methyl/N-ethyl adjacent to an activating group) is 1. The third kappa shape index (κ3) is 3.33. The van der Waals surface area contributed by atoms with Crippen LogP contribution in [0.1, 0.15) is 11.5 Å². The Morgan fingerprint density at radius 3 is 2.71 bits per heavy atom. The number of aromatic nitrogens is 1. The minimum Gasteiger partial charge on any atom is -0.466 e. The van der Waals surface area contributed by atoms with Crippen LogP contribution in [0.3, 0.4) is 0 Å². The van der Waals surface area contributed by atoms with Crippen molar-refractivity contribution in [1.82, 2.24) is 4.98 Å². The molecule has 0 amide bonds. The Morgan fingerprint density at radius 2 is 2.12 bits per heavy atom. The first kappa shape index (κ1) is 12.2. The number of furan rings is 1. The van der Waals surface area contributed by atoms with E-state index in [0.717, 1.165) is 34.8 Å². The molecule has 2 aromatic rings. The molecule has 0 aromatic carbocycles. The quantitative estimate of drug-likeness (QED) is 0.865. The van der Waals surface area contributed by atoms with E-state index in [9.17, 15) is 0 Å². The monoisotopic (exact) mass is 294 g/mol. The predicted molar refractivity (Wildman–Crippen MR) is 72.4 cm³/mol. The third-order valence-corrected chi connectivity index (χ3v) is 3.06. The number of hydrogen-bond acceptors (Lipinski definition) is 3. The zero-order valence-electron chi connectivity index (χ0n) is 9.98. The normalized spacial score (nSPS) is 10.5. The topological polar surface area (TPSA) is 29.3 Å². The average Bonchev–Trinajstić information content (AvgIpc) is 2.73. The summed E-state index contributed by atoms with van der Waals surface area (Å²) >= 11 is 3.38. The van der Waals surface area contributed by atoms with Gasteiger partial charge in [-0.2, -0.15) is 0 Å². The van der Waals surface area contributed by atoms with Crippen molar-refractivity contribution in [2.24, 2.45) is 0 Å². The summed E-state index contributed by atoms with van der Waals surface area (Å²) in [4.78, 5) is 6.46. The lowest BCUT2D eigenvalue weighted by Gasteiger charge is -2.17. The molecule has 0 saturated carbocycles. The lowest BCUT2D eigenvalue weighted by molar-refractivity contribution is 0.483. The van der Waals surface area contributed by atoms with E-state index in [2.05, 4.69) is 25.8 Å². The number of anilines is 1. The fourth-order valence-corrected chi connectivity index (χ4v) is 1.84. The summed E-state index contributed by atoms with van der Waals surface area (Å²) in [5.41, 5.74) is 0. The molecule has 0 radical (unpaired) electrons. The van der Waals surface area contributed by atoms with Gasteiger partial charge in [-0.15, -0.1) is 0 Å². The van der Waals surface area contributed by atoms with Gasteiger partial charge in [-0.25, -0.2) is 4.98 Å². The highest BCUT2D eigenvalue weighted by atomic mass is 79.9. The van der Waals surface area contributed by atoms with Crippen LogP contribution in [0.4, 0.5) is 5.82 Å². The molecule has 90 valence electrons. The van der Waals surface area contributed by atoms with Gasteiger partial charge in [-0.3, -0.25) is 0 Å². The largest absolute Gasteiger partial charge is 0.466 e. The molecule has 0 aliphatic carbocycles. The van der Waals surface area contributed by atoms with Crippen molar-refractivity contribution in [3.8, 4) is 0 Å². The van der Waals surface area contributed by atoms with Gasteiger partial charge >= 0.3 is 0 Å². The zero-order valence-corrected chi connectivity index (χ0v) is 11.6.